The molecule has 1 aromatic rings. The molecule has 0 amide bonds. The fourth-order valence-corrected chi connectivity index (χ4v) is 4.02. The maximum atomic E-state index is 11.1. The minimum absolute atomic E-state index is 0.201. The Morgan fingerprint density at radius 2 is 1.85 bits per heavy atom. The van der Waals surface area contributed by atoms with Crippen molar-refractivity contribution in [3.63, 3.8) is 0 Å². The lowest BCUT2D eigenvalue weighted by atomic mass is 10.0. The summed E-state index contributed by atoms with van der Waals surface area (Å²) < 4.78 is 23.4. The molecule has 3 saturated heterocycles. The fraction of sp³-hybridized carbons (Fsp3) is 0.619. The van der Waals surface area contributed by atoms with Crippen molar-refractivity contribution in [1.29, 1.82) is 0 Å². The molecule has 3 fully saturated rings. The lowest BCUT2D eigenvalue weighted by Gasteiger charge is -2.33. The highest BCUT2D eigenvalue weighted by molar-refractivity contribution is 5.54. The smallest absolute Gasteiger partial charge is 0.163 e. The van der Waals surface area contributed by atoms with Gasteiger partial charge in [0, 0.05) is 13.1 Å². The van der Waals surface area contributed by atoms with Gasteiger partial charge in [-0.2, -0.15) is 0 Å². The Hall–Kier alpha value is -1.44. The first kappa shape index (κ1) is 18.9. The number of aryl methyl sites for hydroxylation is 1. The maximum Gasteiger partial charge on any atom is 0.163 e. The van der Waals surface area contributed by atoms with Gasteiger partial charge >= 0.3 is 0 Å². The van der Waals surface area contributed by atoms with Gasteiger partial charge in [-0.3, -0.25) is 4.90 Å². The molecule has 0 aromatic heterocycles. The third-order valence-electron chi connectivity index (χ3n) is 5.45. The molecule has 3 aliphatic heterocycles. The summed E-state index contributed by atoms with van der Waals surface area (Å²) in [5.41, 5.74) is 2.27. The van der Waals surface area contributed by atoms with Crippen molar-refractivity contribution in [1.82, 2.24) is 4.90 Å². The van der Waals surface area contributed by atoms with Gasteiger partial charge in [0.05, 0.1) is 25.9 Å². The molecular weight excluding hydrogens is 346 g/mol. The first-order valence-electron chi connectivity index (χ1n) is 9.69. The molecule has 0 bridgehead atoms. The Kier molecular flexibility index (Phi) is 5.27. The summed E-state index contributed by atoms with van der Waals surface area (Å²) in [6.07, 6.45) is 0.616. The summed E-state index contributed by atoms with van der Waals surface area (Å²) in [6.45, 7) is 9.14. The van der Waals surface area contributed by atoms with E-state index in [9.17, 15) is 5.11 Å². The van der Waals surface area contributed by atoms with Crippen LogP contribution in [0, 0.1) is 6.92 Å². The van der Waals surface area contributed by atoms with E-state index in [0.717, 1.165) is 24.4 Å². The molecule has 0 saturated carbocycles. The summed E-state index contributed by atoms with van der Waals surface area (Å²) in [5.74, 6) is 0.137. The maximum absolute atomic E-state index is 11.1. The van der Waals surface area contributed by atoms with E-state index in [1.54, 1.807) is 0 Å². The van der Waals surface area contributed by atoms with Crippen molar-refractivity contribution in [3.05, 3.63) is 41.2 Å². The highest BCUT2D eigenvalue weighted by Crippen LogP contribution is 2.37. The number of hydrogen-bond acceptors (Lipinski definition) is 6. The van der Waals surface area contributed by atoms with Crippen LogP contribution in [0.4, 0.5) is 0 Å². The van der Waals surface area contributed by atoms with Gasteiger partial charge in [0.25, 0.3) is 0 Å². The van der Waals surface area contributed by atoms with Gasteiger partial charge < -0.3 is 24.1 Å². The van der Waals surface area contributed by atoms with Gasteiger partial charge in [-0.25, -0.2) is 0 Å². The van der Waals surface area contributed by atoms with Crippen LogP contribution in [-0.2, 0) is 18.9 Å². The number of benzene rings is 1. The Morgan fingerprint density at radius 3 is 2.48 bits per heavy atom. The first-order valence-corrected chi connectivity index (χ1v) is 9.69. The monoisotopic (exact) mass is 375 g/mol. The number of nitrogens with zero attached hydrogens (tertiary/aromatic N) is 1. The van der Waals surface area contributed by atoms with Crippen molar-refractivity contribution in [2.45, 2.75) is 50.9 Å². The quantitative estimate of drug-likeness (QED) is 0.871. The topological polar surface area (TPSA) is 60.4 Å². The van der Waals surface area contributed by atoms with Crippen molar-refractivity contribution in [3.8, 4) is 0 Å². The summed E-state index contributed by atoms with van der Waals surface area (Å²) in [5, 5.41) is 11.1. The van der Waals surface area contributed by atoms with Crippen LogP contribution >= 0.6 is 0 Å². The van der Waals surface area contributed by atoms with Crippen molar-refractivity contribution >= 4 is 6.08 Å². The second-order valence-corrected chi connectivity index (χ2v) is 7.99. The Labute approximate surface area is 160 Å². The fourth-order valence-electron chi connectivity index (χ4n) is 4.02. The Bertz CT molecular complexity index is 680. The Morgan fingerprint density at radius 1 is 1.15 bits per heavy atom. The summed E-state index contributed by atoms with van der Waals surface area (Å²) in [6, 6.07) is 8.10. The zero-order chi connectivity index (χ0) is 19.0. The van der Waals surface area contributed by atoms with Crippen molar-refractivity contribution < 1.29 is 24.1 Å². The van der Waals surface area contributed by atoms with Crippen molar-refractivity contribution in [2.75, 3.05) is 32.9 Å². The highest BCUT2D eigenvalue weighted by atomic mass is 16.8. The molecule has 6 heteroatoms. The molecule has 27 heavy (non-hydrogen) atoms. The molecule has 3 aliphatic rings. The normalized spacial score (nSPS) is 35.5. The average Bonchev–Trinajstić information content (AvgIpc) is 3.17. The molecular formula is C21H29NO5. The number of rotatable bonds is 3. The average molecular weight is 375 g/mol. The standard InChI is InChI=1S/C21H29NO5/c1-14-4-6-15(7-5-14)12-16-18(22-8-10-24-11-9-22)19(23)20(26-16)17-13-25-21(2,3)27-17/h4-7,12,17-20,23H,8-11,13H2,1-3H3/b16-12-/t17-,18+,19-,20-/m1/s1. The van der Waals surface area contributed by atoms with Gasteiger partial charge in [-0.05, 0) is 32.4 Å². The van der Waals surface area contributed by atoms with Crippen LogP contribution in [0.25, 0.3) is 6.08 Å². The molecule has 1 N–H and O–H groups in total. The van der Waals surface area contributed by atoms with Crippen LogP contribution < -0.4 is 0 Å². The van der Waals surface area contributed by atoms with Crippen LogP contribution in [0.15, 0.2) is 30.0 Å². The van der Waals surface area contributed by atoms with Gasteiger partial charge in [-0.1, -0.05) is 29.8 Å². The lowest BCUT2D eigenvalue weighted by Crippen LogP contribution is -2.51. The predicted molar refractivity (Wildman–Crippen MR) is 101 cm³/mol. The predicted octanol–water partition coefficient (Wildman–Crippen LogP) is 1.95. The number of ether oxygens (including phenoxy) is 4. The number of aliphatic hydroxyl groups is 1. The van der Waals surface area contributed by atoms with E-state index >= 15 is 0 Å². The molecule has 3 heterocycles. The van der Waals surface area contributed by atoms with E-state index in [1.165, 1.54) is 5.56 Å². The zero-order valence-electron chi connectivity index (χ0n) is 16.3. The SMILES string of the molecule is Cc1ccc(/C=C2\O[C@H]([C@H]3COC(C)(C)O3)[C@H](O)[C@H]2N2CCOCC2)cc1. The highest BCUT2D eigenvalue weighted by Gasteiger charge is 2.51. The Balaban J connectivity index is 1.61. The van der Waals surface area contributed by atoms with Crippen LogP contribution in [-0.4, -0.2) is 73.1 Å². The van der Waals surface area contributed by atoms with E-state index in [0.29, 0.717) is 19.8 Å². The first-order chi connectivity index (χ1) is 12.9. The molecule has 0 spiro atoms. The van der Waals surface area contributed by atoms with E-state index in [-0.39, 0.29) is 12.1 Å². The van der Waals surface area contributed by atoms with Gasteiger partial charge in [0.15, 0.2) is 11.9 Å². The molecule has 0 radical (unpaired) electrons. The number of aliphatic hydroxyl groups excluding tert-OH is 1. The van der Waals surface area contributed by atoms with Crippen LogP contribution in [0.2, 0.25) is 0 Å². The third kappa shape index (κ3) is 4.05. The van der Waals surface area contributed by atoms with E-state index in [1.807, 2.05) is 19.9 Å². The molecule has 4 atom stereocenters. The molecule has 4 rings (SSSR count). The van der Waals surface area contributed by atoms with Gasteiger partial charge in [-0.15, -0.1) is 0 Å². The minimum Gasteiger partial charge on any atom is -0.487 e. The zero-order valence-corrected chi connectivity index (χ0v) is 16.3. The molecule has 6 nitrogen and oxygen atoms in total. The van der Waals surface area contributed by atoms with Crippen LogP contribution in [0.1, 0.15) is 25.0 Å². The van der Waals surface area contributed by atoms with Gasteiger partial charge in [0.2, 0.25) is 0 Å². The lowest BCUT2D eigenvalue weighted by molar-refractivity contribution is -0.156. The minimum atomic E-state index is -0.678. The van der Waals surface area contributed by atoms with Crippen molar-refractivity contribution in [2.24, 2.45) is 0 Å². The second kappa shape index (κ2) is 7.53. The molecule has 0 unspecified atom stereocenters. The summed E-state index contributed by atoms with van der Waals surface area (Å²) in [7, 11) is 0. The number of hydrogen-bond donors (Lipinski definition) is 1. The molecule has 0 aliphatic carbocycles. The third-order valence-corrected chi connectivity index (χ3v) is 5.45. The van der Waals surface area contributed by atoms with Crippen LogP contribution in [0.5, 0.6) is 0 Å². The van der Waals surface area contributed by atoms with E-state index in [2.05, 4.69) is 36.1 Å². The van der Waals surface area contributed by atoms with Crippen LogP contribution in [0.3, 0.4) is 0 Å². The molecule has 1 aromatic carbocycles. The van der Waals surface area contributed by atoms with Gasteiger partial charge in [0.1, 0.15) is 18.0 Å². The summed E-state index contributed by atoms with van der Waals surface area (Å²) in [4.78, 5) is 2.25. The number of morpholine rings is 1. The van der Waals surface area contributed by atoms with E-state index in [4.69, 9.17) is 18.9 Å². The largest absolute Gasteiger partial charge is 0.487 e. The van der Waals surface area contributed by atoms with E-state index < -0.39 is 18.0 Å². The molecule has 148 valence electrons. The summed E-state index contributed by atoms with van der Waals surface area (Å²) >= 11 is 0. The second-order valence-electron chi connectivity index (χ2n) is 7.99.